The second-order valence-electron chi connectivity index (χ2n) is 4.40. The fourth-order valence-corrected chi connectivity index (χ4v) is 2.70. The van der Waals surface area contributed by atoms with Gasteiger partial charge in [-0.1, -0.05) is 52.3 Å². The number of hydrogen-bond donors (Lipinski definition) is 0. The number of fused-ring (bicyclic) bond motifs is 1. The van der Waals surface area contributed by atoms with Crippen LogP contribution in [0.1, 0.15) is 16.9 Å². The lowest BCUT2D eigenvalue weighted by atomic mass is 10.0. The van der Waals surface area contributed by atoms with Crippen molar-refractivity contribution < 1.29 is 4.42 Å². The summed E-state index contributed by atoms with van der Waals surface area (Å²) in [5.41, 5.74) is 3.53. The Morgan fingerprint density at radius 3 is 2.56 bits per heavy atom. The van der Waals surface area contributed by atoms with Crippen LogP contribution < -0.4 is 0 Å². The molecule has 3 rings (SSSR count). The van der Waals surface area contributed by atoms with Gasteiger partial charge in [-0.3, -0.25) is 0 Å². The summed E-state index contributed by atoms with van der Waals surface area (Å²) < 4.78 is 6.94. The largest absolute Gasteiger partial charge is 0.461 e. The SMILES string of the molecule is Cc1oc2ccccc2c1Cc1ccccc1Br. The van der Waals surface area contributed by atoms with Crippen molar-refractivity contribution >= 4 is 26.9 Å². The molecular formula is C16H13BrO. The quantitative estimate of drug-likeness (QED) is 0.642. The third-order valence-electron chi connectivity index (χ3n) is 3.23. The van der Waals surface area contributed by atoms with Crippen molar-refractivity contribution in [3.63, 3.8) is 0 Å². The van der Waals surface area contributed by atoms with E-state index in [0.717, 1.165) is 22.2 Å². The van der Waals surface area contributed by atoms with Crippen LogP contribution in [0, 0.1) is 6.92 Å². The van der Waals surface area contributed by atoms with Gasteiger partial charge in [0, 0.05) is 21.8 Å². The van der Waals surface area contributed by atoms with Gasteiger partial charge >= 0.3 is 0 Å². The van der Waals surface area contributed by atoms with E-state index in [1.165, 1.54) is 16.5 Å². The molecule has 18 heavy (non-hydrogen) atoms. The van der Waals surface area contributed by atoms with Gasteiger partial charge in [-0.25, -0.2) is 0 Å². The average Bonchev–Trinajstić information content (AvgIpc) is 2.69. The maximum atomic E-state index is 5.80. The van der Waals surface area contributed by atoms with Gasteiger partial charge in [-0.05, 0) is 24.6 Å². The number of furan rings is 1. The Kier molecular flexibility index (Phi) is 2.96. The van der Waals surface area contributed by atoms with Gasteiger partial charge in [0.15, 0.2) is 0 Å². The minimum Gasteiger partial charge on any atom is -0.461 e. The fraction of sp³-hybridized carbons (Fsp3) is 0.125. The van der Waals surface area contributed by atoms with Crippen LogP contribution in [-0.4, -0.2) is 0 Å². The minimum atomic E-state index is 0.893. The van der Waals surface area contributed by atoms with Gasteiger partial charge < -0.3 is 4.42 Å². The number of para-hydroxylation sites is 1. The van der Waals surface area contributed by atoms with Crippen molar-refractivity contribution in [3.05, 3.63) is 69.9 Å². The Morgan fingerprint density at radius 1 is 1.00 bits per heavy atom. The smallest absolute Gasteiger partial charge is 0.134 e. The molecule has 0 aliphatic carbocycles. The number of halogens is 1. The molecule has 0 bridgehead atoms. The molecule has 1 heterocycles. The summed E-state index contributed by atoms with van der Waals surface area (Å²) in [6.07, 6.45) is 0.893. The van der Waals surface area contributed by atoms with Crippen molar-refractivity contribution in [2.24, 2.45) is 0 Å². The minimum absolute atomic E-state index is 0.893. The predicted molar refractivity (Wildman–Crippen MR) is 77.9 cm³/mol. The molecule has 3 aromatic rings. The number of rotatable bonds is 2. The van der Waals surface area contributed by atoms with E-state index < -0.39 is 0 Å². The Labute approximate surface area is 115 Å². The summed E-state index contributed by atoms with van der Waals surface area (Å²) in [6.45, 7) is 2.03. The molecule has 90 valence electrons. The van der Waals surface area contributed by atoms with Gasteiger partial charge in [0.2, 0.25) is 0 Å². The predicted octanol–water partition coefficient (Wildman–Crippen LogP) is 5.09. The molecule has 0 aliphatic rings. The van der Waals surface area contributed by atoms with Crippen LogP contribution in [0.2, 0.25) is 0 Å². The number of aryl methyl sites for hydroxylation is 1. The average molecular weight is 301 g/mol. The summed E-state index contributed by atoms with van der Waals surface area (Å²) in [7, 11) is 0. The summed E-state index contributed by atoms with van der Waals surface area (Å²) in [5.74, 6) is 1.01. The standard InChI is InChI=1S/C16H13BrO/c1-11-14(10-12-6-2-4-8-15(12)17)13-7-3-5-9-16(13)18-11/h2-9H,10H2,1H3. The molecule has 0 aliphatic heterocycles. The third kappa shape index (κ3) is 1.97. The van der Waals surface area contributed by atoms with Gasteiger partial charge in [-0.15, -0.1) is 0 Å². The van der Waals surface area contributed by atoms with Crippen molar-refractivity contribution in [1.29, 1.82) is 0 Å². The second kappa shape index (κ2) is 4.62. The molecule has 0 amide bonds. The van der Waals surface area contributed by atoms with Crippen molar-refractivity contribution in [2.75, 3.05) is 0 Å². The summed E-state index contributed by atoms with van der Waals surface area (Å²) in [5, 5.41) is 1.21. The third-order valence-corrected chi connectivity index (χ3v) is 4.00. The summed E-state index contributed by atoms with van der Waals surface area (Å²) in [4.78, 5) is 0. The van der Waals surface area contributed by atoms with Crippen LogP contribution in [0.4, 0.5) is 0 Å². The van der Waals surface area contributed by atoms with Crippen molar-refractivity contribution in [2.45, 2.75) is 13.3 Å². The molecule has 1 aromatic heterocycles. The maximum absolute atomic E-state index is 5.80. The van der Waals surface area contributed by atoms with E-state index in [-0.39, 0.29) is 0 Å². The van der Waals surface area contributed by atoms with Crippen LogP contribution in [0.3, 0.4) is 0 Å². The van der Waals surface area contributed by atoms with Gasteiger partial charge in [0.05, 0.1) is 0 Å². The summed E-state index contributed by atoms with van der Waals surface area (Å²) >= 11 is 3.60. The van der Waals surface area contributed by atoms with Crippen LogP contribution in [0.15, 0.2) is 57.4 Å². The maximum Gasteiger partial charge on any atom is 0.134 e. The topological polar surface area (TPSA) is 13.1 Å². The van der Waals surface area contributed by atoms with E-state index >= 15 is 0 Å². The van der Waals surface area contributed by atoms with Crippen LogP contribution >= 0.6 is 15.9 Å². The lowest BCUT2D eigenvalue weighted by molar-refractivity contribution is 0.573. The first-order valence-corrected chi connectivity index (χ1v) is 6.75. The molecule has 0 atom stereocenters. The second-order valence-corrected chi connectivity index (χ2v) is 5.26. The highest BCUT2D eigenvalue weighted by Gasteiger charge is 2.11. The molecular weight excluding hydrogens is 288 g/mol. The normalized spacial score (nSPS) is 11.0. The van der Waals surface area contributed by atoms with Crippen molar-refractivity contribution in [1.82, 2.24) is 0 Å². The van der Waals surface area contributed by atoms with E-state index in [9.17, 15) is 0 Å². The highest BCUT2D eigenvalue weighted by Crippen LogP contribution is 2.29. The first kappa shape index (κ1) is 11.5. The lowest BCUT2D eigenvalue weighted by Crippen LogP contribution is -1.90. The Balaban J connectivity index is 2.10. The molecule has 0 saturated heterocycles. The van der Waals surface area contributed by atoms with Gasteiger partial charge in [0.25, 0.3) is 0 Å². The molecule has 2 aromatic carbocycles. The molecule has 1 nitrogen and oxygen atoms in total. The van der Waals surface area contributed by atoms with E-state index in [1.807, 2.05) is 25.1 Å². The fourth-order valence-electron chi connectivity index (χ4n) is 2.27. The van der Waals surface area contributed by atoms with Crippen LogP contribution in [0.25, 0.3) is 11.0 Å². The molecule has 2 heteroatoms. The zero-order valence-electron chi connectivity index (χ0n) is 10.1. The lowest BCUT2D eigenvalue weighted by Gasteiger charge is -2.03. The number of benzene rings is 2. The molecule has 0 fully saturated rings. The van der Waals surface area contributed by atoms with Crippen LogP contribution in [-0.2, 0) is 6.42 Å². The van der Waals surface area contributed by atoms with Gasteiger partial charge in [0.1, 0.15) is 11.3 Å². The molecule has 0 radical (unpaired) electrons. The zero-order chi connectivity index (χ0) is 12.5. The van der Waals surface area contributed by atoms with Crippen LogP contribution in [0.5, 0.6) is 0 Å². The Bertz CT molecular complexity index is 697. The first-order valence-electron chi connectivity index (χ1n) is 5.96. The van der Waals surface area contributed by atoms with E-state index in [4.69, 9.17) is 4.42 Å². The highest BCUT2D eigenvalue weighted by atomic mass is 79.9. The molecule has 0 unspecified atom stereocenters. The van der Waals surface area contributed by atoms with E-state index in [1.54, 1.807) is 0 Å². The Hall–Kier alpha value is -1.54. The van der Waals surface area contributed by atoms with E-state index in [2.05, 4.69) is 46.3 Å². The summed E-state index contributed by atoms with van der Waals surface area (Å²) in [6, 6.07) is 16.5. The van der Waals surface area contributed by atoms with E-state index in [0.29, 0.717) is 0 Å². The molecule has 0 saturated carbocycles. The molecule has 0 spiro atoms. The zero-order valence-corrected chi connectivity index (χ0v) is 11.7. The number of hydrogen-bond acceptors (Lipinski definition) is 1. The highest BCUT2D eigenvalue weighted by molar-refractivity contribution is 9.10. The monoisotopic (exact) mass is 300 g/mol. The molecule has 0 N–H and O–H groups in total. The Morgan fingerprint density at radius 2 is 1.72 bits per heavy atom. The first-order chi connectivity index (χ1) is 8.75. The van der Waals surface area contributed by atoms with Crippen molar-refractivity contribution in [3.8, 4) is 0 Å². The van der Waals surface area contributed by atoms with Gasteiger partial charge in [-0.2, -0.15) is 0 Å².